The van der Waals surface area contributed by atoms with Gasteiger partial charge in [0, 0.05) is 18.7 Å². The second-order valence-electron chi connectivity index (χ2n) is 7.06. The van der Waals surface area contributed by atoms with Crippen LogP contribution in [0, 0.1) is 12.8 Å². The molecule has 29 heavy (non-hydrogen) atoms. The number of hydrogen-bond donors (Lipinski definition) is 1. The summed E-state index contributed by atoms with van der Waals surface area (Å²) in [5.74, 6) is -1.77. The molecule has 0 unspecified atom stereocenters. The highest BCUT2D eigenvalue weighted by Gasteiger charge is 2.36. The van der Waals surface area contributed by atoms with Gasteiger partial charge in [-0.25, -0.2) is 0 Å². The monoisotopic (exact) mass is 414 g/mol. The molecule has 0 bridgehead atoms. The van der Waals surface area contributed by atoms with Gasteiger partial charge in [0.2, 0.25) is 5.91 Å². The van der Waals surface area contributed by atoms with Crippen LogP contribution in [0.3, 0.4) is 0 Å². The Balaban J connectivity index is 1.52. The zero-order valence-electron chi connectivity index (χ0n) is 16.4. The first kappa shape index (κ1) is 20.9. The predicted octanol–water partition coefficient (Wildman–Crippen LogP) is 3.75. The Bertz CT molecular complexity index is 927. The summed E-state index contributed by atoms with van der Waals surface area (Å²) in [6, 6.07) is 12.9. The van der Waals surface area contributed by atoms with E-state index < -0.39 is 24.4 Å². The first-order valence-corrected chi connectivity index (χ1v) is 9.87. The van der Waals surface area contributed by atoms with Crippen molar-refractivity contribution in [2.24, 2.45) is 5.92 Å². The third-order valence-electron chi connectivity index (χ3n) is 4.86. The molecule has 1 aliphatic heterocycles. The number of amides is 2. The maximum Gasteiger partial charge on any atom is 0.311 e. The van der Waals surface area contributed by atoms with E-state index >= 15 is 0 Å². The van der Waals surface area contributed by atoms with Gasteiger partial charge in [-0.2, -0.15) is 0 Å². The third-order valence-corrected chi connectivity index (χ3v) is 5.17. The number of aryl methyl sites for hydroxylation is 2. The lowest BCUT2D eigenvalue weighted by Gasteiger charge is -2.17. The van der Waals surface area contributed by atoms with Crippen LogP contribution in [0.5, 0.6) is 0 Å². The van der Waals surface area contributed by atoms with Crippen LogP contribution >= 0.6 is 11.6 Å². The fraction of sp³-hybridized carbons (Fsp3) is 0.318. The molecule has 6 nitrogen and oxygen atoms in total. The van der Waals surface area contributed by atoms with Gasteiger partial charge in [0.25, 0.3) is 5.91 Å². The second-order valence-corrected chi connectivity index (χ2v) is 7.47. The summed E-state index contributed by atoms with van der Waals surface area (Å²) in [4.78, 5) is 38.3. The number of benzene rings is 2. The molecule has 1 aliphatic rings. The molecule has 3 rings (SSSR count). The van der Waals surface area contributed by atoms with E-state index in [9.17, 15) is 14.4 Å². The molecule has 2 aromatic rings. The van der Waals surface area contributed by atoms with Crippen LogP contribution in [0.4, 0.5) is 11.4 Å². The molecule has 2 amide bonds. The molecule has 1 atom stereocenters. The average molecular weight is 415 g/mol. The summed E-state index contributed by atoms with van der Waals surface area (Å²) in [5, 5.41) is 3.02. The molecule has 2 aromatic carbocycles. The quantitative estimate of drug-likeness (QED) is 0.730. The molecular weight excluding hydrogens is 392 g/mol. The Labute approximate surface area is 174 Å². The Morgan fingerprint density at radius 3 is 2.59 bits per heavy atom. The standard InChI is InChI=1S/C22H23ClN2O4/c1-3-15-5-7-17(8-6-15)25-12-16(11-21(25)27)22(28)29-13-20(26)24-19-9-4-14(2)10-18(19)23/h4-10,16H,3,11-13H2,1-2H3,(H,24,26)/t16-/m0/s1. The molecule has 1 N–H and O–H groups in total. The van der Waals surface area contributed by atoms with Crippen molar-refractivity contribution in [2.75, 3.05) is 23.4 Å². The topological polar surface area (TPSA) is 75.7 Å². The van der Waals surface area contributed by atoms with Crippen molar-refractivity contribution in [1.29, 1.82) is 0 Å². The summed E-state index contributed by atoms with van der Waals surface area (Å²) in [6.45, 7) is 3.77. The highest BCUT2D eigenvalue weighted by atomic mass is 35.5. The van der Waals surface area contributed by atoms with E-state index in [-0.39, 0.29) is 18.9 Å². The summed E-state index contributed by atoms with van der Waals surface area (Å²) in [5.41, 5.74) is 3.36. The number of esters is 1. The number of carbonyl (C=O) groups excluding carboxylic acids is 3. The normalized spacial score (nSPS) is 16.0. The lowest BCUT2D eigenvalue weighted by molar-refractivity contribution is -0.151. The van der Waals surface area contributed by atoms with Crippen LogP contribution in [-0.2, 0) is 25.5 Å². The zero-order valence-corrected chi connectivity index (χ0v) is 17.2. The minimum Gasteiger partial charge on any atom is -0.455 e. The van der Waals surface area contributed by atoms with Gasteiger partial charge in [-0.3, -0.25) is 14.4 Å². The van der Waals surface area contributed by atoms with E-state index in [2.05, 4.69) is 12.2 Å². The number of nitrogens with zero attached hydrogens (tertiary/aromatic N) is 1. The van der Waals surface area contributed by atoms with E-state index in [1.807, 2.05) is 37.3 Å². The Hall–Kier alpha value is -2.86. The summed E-state index contributed by atoms with van der Waals surface area (Å²) in [7, 11) is 0. The highest BCUT2D eigenvalue weighted by molar-refractivity contribution is 6.33. The number of anilines is 2. The van der Waals surface area contributed by atoms with Crippen molar-refractivity contribution in [3.05, 3.63) is 58.6 Å². The number of rotatable bonds is 6. The maximum atomic E-state index is 12.3. The first-order valence-electron chi connectivity index (χ1n) is 9.49. The highest BCUT2D eigenvalue weighted by Crippen LogP contribution is 2.26. The van der Waals surface area contributed by atoms with E-state index in [1.54, 1.807) is 17.0 Å². The second kappa shape index (κ2) is 9.09. The molecular formula is C22H23ClN2O4. The van der Waals surface area contributed by atoms with Gasteiger partial charge in [0.05, 0.1) is 16.6 Å². The summed E-state index contributed by atoms with van der Waals surface area (Å²) >= 11 is 6.08. The average Bonchev–Trinajstić information content (AvgIpc) is 3.10. The zero-order chi connectivity index (χ0) is 21.0. The third kappa shape index (κ3) is 5.15. The van der Waals surface area contributed by atoms with Crippen LogP contribution in [0.1, 0.15) is 24.5 Å². The van der Waals surface area contributed by atoms with Gasteiger partial charge in [-0.1, -0.05) is 36.7 Å². The number of hydrogen-bond acceptors (Lipinski definition) is 4. The van der Waals surface area contributed by atoms with E-state index in [4.69, 9.17) is 16.3 Å². The molecule has 0 spiro atoms. The number of carbonyl (C=O) groups is 3. The van der Waals surface area contributed by atoms with Gasteiger partial charge in [0.15, 0.2) is 6.61 Å². The van der Waals surface area contributed by atoms with Crippen LogP contribution in [0.2, 0.25) is 5.02 Å². The molecule has 7 heteroatoms. The minimum absolute atomic E-state index is 0.0692. The van der Waals surface area contributed by atoms with Crippen LogP contribution < -0.4 is 10.2 Å². The van der Waals surface area contributed by atoms with E-state index in [0.717, 1.165) is 17.7 Å². The van der Waals surface area contributed by atoms with Gasteiger partial charge in [0.1, 0.15) is 0 Å². The minimum atomic E-state index is -0.593. The Morgan fingerprint density at radius 2 is 1.93 bits per heavy atom. The number of nitrogens with one attached hydrogen (secondary N) is 1. The fourth-order valence-corrected chi connectivity index (χ4v) is 3.47. The van der Waals surface area contributed by atoms with Crippen LogP contribution in [0.25, 0.3) is 0 Å². The van der Waals surface area contributed by atoms with Crippen molar-refractivity contribution in [3.63, 3.8) is 0 Å². The predicted molar refractivity (Wildman–Crippen MR) is 112 cm³/mol. The van der Waals surface area contributed by atoms with Gasteiger partial charge in [-0.05, 0) is 48.7 Å². The SMILES string of the molecule is CCc1ccc(N2C[C@@H](C(=O)OCC(=O)Nc3ccc(C)cc3Cl)CC2=O)cc1. The molecule has 0 aliphatic carbocycles. The molecule has 0 radical (unpaired) electrons. The smallest absolute Gasteiger partial charge is 0.311 e. The van der Waals surface area contributed by atoms with Crippen molar-refractivity contribution >= 4 is 40.8 Å². The van der Waals surface area contributed by atoms with Crippen LogP contribution in [0.15, 0.2) is 42.5 Å². The molecule has 1 saturated heterocycles. The number of ether oxygens (including phenoxy) is 1. The molecule has 1 heterocycles. The lowest BCUT2D eigenvalue weighted by Crippen LogP contribution is -2.28. The number of halogens is 1. The Morgan fingerprint density at radius 1 is 1.21 bits per heavy atom. The van der Waals surface area contributed by atoms with Gasteiger partial charge >= 0.3 is 5.97 Å². The van der Waals surface area contributed by atoms with Crippen LogP contribution in [-0.4, -0.2) is 30.9 Å². The molecule has 1 fully saturated rings. The van der Waals surface area contributed by atoms with Gasteiger partial charge in [-0.15, -0.1) is 0 Å². The summed E-state index contributed by atoms with van der Waals surface area (Å²) < 4.78 is 5.12. The maximum absolute atomic E-state index is 12.3. The first-order chi connectivity index (χ1) is 13.9. The fourth-order valence-electron chi connectivity index (χ4n) is 3.19. The lowest BCUT2D eigenvalue weighted by atomic mass is 10.1. The Kier molecular flexibility index (Phi) is 6.54. The van der Waals surface area contributed by atoms with Crippen molar-refractivity contribution in [2.45, 2.75) is 26.7 Å². The van der Waals surface area contributed by atoms with Gasteiger partial charge < -0.3 is 15.0 Å². The largest absolute Gasteiger partial charge is 0.455 e. The molecule has 0 saturated carbocycles. The van der Waals surface area contributed by atoms with E-state index in [0.29, 0.717) is 10.7 Å². The van der Waals surface area contributed by atoms with Crippen molar-refractivity contribution in [1.82, 2.24) is 0 Å². The molecule has 0 aromatic heterocycles. The van der Waals surface area contributed by atoms with Crippen molar-refractivity contribution < 1.29 is 19.1 Å². The summed E-state index contributed by atoms with van der Waals surface area (Å²) in [6.07, 6.45) is 0.985. The van der Waals surface area contributed by atoms with E-state index in [1.165, 1.54) is 5.56 Å². The molecule has 152 valence electrons. The van der Waals surface area contributed by atoms with Crippen molar-refractivity contribution in [3.8, 4) is 0 Å².